The lowest BCUT2D eigenvalue weighted by Crippen LogP contribution is -3.27. The van der Waals surface area contributed by atoms with E-state index < -0.39 is 0 Å². The molecule has 0 saturated carbocycles. The summed E-state index contributed by atoms with van der Waals surface area (Å²) in [5, 5.41) is 1.58. The van der Waals surface area contributed by atoms with Gasteiger partial charge >= 0.3 is 0 Å². The third-order valence-corrected chi connectivity index (χ3v) is 6.12. The van der Waals surface area contributed by atoms with Gasteiger partial charge in [0.2, 0.25) is 6.17 Å². The van der Waals surface area contributed by atoms with E-state index in [0.717, 1.165) is 36.2 Å². The van der Waals surface area contributed by atoms with Crippen molar-refractivity contribution in [1.82, 2.24) is 0 Å². The normalized spacial score (nSPS) is 21.7. The number of rotatable bonds is 6. The number of quaternary nitrogens is 2. The molecule has 3 aromatic carbocycles. The van der Waals surface area contributed by atoms with E-state index >= 15 is 0 Å². The molecule has 0 bridgehead atoms. The molecule has 1 saturated heterocycles. The van der Waals surface area contributed by atoms with Crippen molar-refractivity contribution in [3.63, 3.8) is 0 Å². The molecule has 148 valence electrons. The minimum absolute atomic E-state index is 0.404. The second-order valence-electron chi connectivity index (χ2n) is 7.67. The molecule has 2 unspecified atom stereocenters. The van der Waals surface area contributed by atoms with Crippen LogP contribution in [-0.4, -0.2) is 19.3 Å². The third-order valence-electron chi connectivity index (χ3n) is 5.62. The number of hydrogen-bond acceptors (Lipinski definition) is 0. The van der Waals surface area contributed by atoms with Crippen LogP contribution in [0.4, 0.5) is 0 Å². The minimum Gasteiger partial charge on any atom is -0.274 e. The largest absolute Gasteiger partial charge is 0.274 e. The van der Waals surface area contributed by atoms with Crippen molar-refractivity contribution < 1.29 is 9.80 Å². The highest BCUT2D eigenvalue weighted by atomic mass is 35.5. The Morgan fingerprint density at radius 1 is 0.690 bits per heavy atom. The van der Waals surface area contributed by atoms with E-state index in [0.29, 0.717) is 6.17 Å². The van der Waals surface area contributed by atoms with Crippen LogP contribution in [0.1, 0.15) is 16.7 Å². The number of hydrogen-bond donors (Lipinski definition) is 2. The highest BCUT2D eigenvalue weighted by Crippen LogP contribution is 2.10. The van der Waals surface area contributed by atoms with Crippen molar-refractivity contribution >= 4 is 29.3 Å². The molecule has 1 heterocycles. The molecule has 29 heavy (non-hydrogen) atoms. The van der Waals surface area contributed by atoms with Crippen molar-refractivity contribution in [2.45, 2.75) is 19.3 Å². The van der Waals surface area contributed by atoms with Gasteiger partial charge < -0.3 is 0 Å². The smallest absolute Gasteiger partial charge is 0.234 e. The van der Waals surface area contributed by atoms with Gasteiger partial charge in [0, 0.05) is 27.2 Å². The summed E-state index contributed by atoms with van der Waals surface area (Å²) in [6.07, 6.45) is 5.06. The van der Waals surface area contributed by atoms with E-state index in [9.17, 15) is 0 Å². The maximum atomic E-state index is 6.07. The lowest BCUT2D eigenvalue weighted by molar-refractivity contribution is -1.07. The minimum atomic E-state index is 0.404. The van der Waals surface area contributed by atoms with Crippen LogP contribution in [0.2, 0.25) is 10.0 Å². The highest BCUT2D eigenvalue weighted by Gasteiger charge is 2.37. The number of halogens is 2. The van der Waals surface area contributed by atoms with Crippen molar-refractivity contribution in [3.05, 3.63) is 112 Å². The molecule has 0 aromatic heterocycles. The average molecular weight is 425 g/mol. The van der Waals surface area contributed by atoms with Gasteiger partial charge in [0.05, 0.1) is 0 Å². The summed E-state index contributed by atoms with van der Waals surface area (Å²) >= 11 is 12.1. The molecule has 1 fully saturated rings. The van der Waals surface area contributed by atoms with E-state index in [4.69, 9.17) is 23.2 Å². The van der Waals surface area contributed by atoms with Crippen molar-refractivity contribution in [3.8, 4) is 0 Å². The van der Waals surface area contributed by atoms with E-state index in [-0.39, 0.29) is 0 Å². The van der Waals surface area contributed by atoms with Crippen molar-refractivity contribution in [2.24, 2.45) is 0 Å². The zero-order valence-corrected chi connectivity index (χ0v) is 17.8. The lowest BCUT2D eigenvalue weighted by Gasteiger charge is -2.22. The maximum Gasteiger partial charge on any atom is 0.234 e. The fourth-order valence-electron chi connectivity index (χ4n) is 4.09. The first-order valence-electron chi connectivity index (χ1n) is 10.1. The van der Waals surface area contributed by atoms with Gasteiger partial charge in [0.15, 0.2) is 0 Å². The molecule has 1 aliphatic heterocycles. The summed E-state index contributed by atoms with van der Waals surface area (Å²) in [5.41, 5.74) is 3.90. The molecule has 2 N–H and O–H groups in total. The van der Waals surface area contributed by atoms with Gasteiger partial charge in [-0.15, -0.1) is 0 Å². The maximum absolute atomic E-state index is 6.07. The Morgan fingerprint density at radius 3 is 1.66 bits per heavy atom. The second kappa shape index (κ2) is 9.60. The Hall–Kier alpha value is -2.10. The fraction of sp³-hybridized carbons (Fsp3) is 0.200. The molecule has 0 radical (unpaired) electrons. The molecule has 0 spiro atoms. The lowest BCUT2D eigenvalue weighted by atomic mass is 10.1. The summed E-state index contributed by atoms with van der Waals surface area (Å²) in [4.78, 5) is 3.17. The van der Waals surface area contributed by atoms with E-state index in [1.165, 1.54) is 16.7 Å². The third kappa shape index (κ3) is 5.49. The fourth-order valence-corrected chi connectivity index (χ4v) is 4.34. The Morgan fingerprint density at radius 2 is 1.17 bits per heavy atom. The summed E-state index contributed by atoms with van der Waals surface area (Å²) in [5.74, 6) is 0. The first kappa shape index (κ1) is 20.2. The summed E-state index contributed by atoms with van der Waals surface area (Å²) in [6.45, 7) is 4.31. The van der Waals surface area contributed by atoms with Crippen LogP contribution in [0.3, 0.4) is 0 Å². The van der Waals surface area contributed by atoms with Crippen LogP contribution in [0, 0.1) is 0 Å². The highest BCUT2D eigenvalue weighted by molar-refractivity contribution is 6.30. The van der Waals surface area contributed by atoms with Crippen LogP contribution in [-0.2, 0) is 13.1 Å². The summed E-state index contributed by atoms with van der Waals surface area (Å²) in [6, 6.07) is 27.1. The average Bonchev–Trinajstić information content (AvgIpc) is 3.11. The van der Waals surface area contributed by atoms with Crippen LogP contribution in [0.5, 0.6) is 0 Å². The molecule has 4 rings (SSSR count). The Labute approximate surface area is 183 Å². The van der Waals surface area contributed by atoms with Gasteiger partial charge in [0.25, 0.3) is 0 Å². The Balaban J connectivity index is 1.54. The first-order valence-corrected chi connectivity index (χ1v) is 10.8. The molecular weight excluding hydrogens is 399 g/mol. The first-order chi connectivity index (χ1) is 14.2. The molecule has 0 aliphatic carbocycles. The number of benzene rings is 3. The zero-order chi connectivity index (χ0) is 20.1. The summed E-state index contributed by atoms with van der Waals surface area (Å²) < 4.78 is 0. The SMILES string of the molecule is Clc1ccc(C[NH+]2CC[NH+](Cc3ccc(Cl)cc3)C2/C=C/c2ccccc2)cc1. The van der Waals surface area contributed by atoms with Gasteiger partial charge in [0.1, 0.15) is 26.2 Å². The van der Waals surface area contributed by atoms with E-state index in [1.807, 2.05) is 24.3 Å². The number of nitrogens with one attached hydrogen (secondary N) is 2. The molecular formula is C25H26Cl2N2+2. The Kier molecular flexibility index (Phi) is 6.68. The van der Waals surface area contributed by atoms with Crippen molar-refractivity contribution in [1.29, 1.82) is 0 Å². The molecule has 4 heteroatoms. The van der Waals surface area contributed by atoms with Crippen LogP contribution < -0.4 is 9.80 Å². The van der Waals surface area contributed by atoms with E-state index in [2.05, 4.69) is 66.7 Å². The molecule has 0 amide bonds. The van der Waals surface area contributed by atoms with Gasteiger partial charge in [-0.1, -0.05) is 77.8 Å². The molecule has 1 aliphatic rings. The molecule has 3 aromatic rings. The quantitative estimate of drug-likeness (QED) is 0.598. The van der Waals surface area contributed by atoms with Gasteiger partial charge in [-0.3, -0.25) is 9.80 Å². The second-order valence-corrected chi connectivity index (χ2v) is 8.54. The molecule has 2 atom stereocenters. The monoisotopic (exact) mass is 424 g/mol. The summed E-state index contributed by atoms with van der Waals surface area (Å²) in [7, 11) is 0. The van der Waals surface area contributed by atoms with Crippen LogP contribution in [0.25, 0.3) is 6.08 Å². The van der Waals surface area contributed by atoms with Crippen LogP contribution in [0.15, 0.2) is 84.9 Å². The van der Waals surface area contributed by atoms with Gasteiger partial charge in [-0.25, -0.2) is 0 Å². The van der Waals surface area contributed by atoms with Crippen LogP contribution >= 0.6 is 23.2 Å². The predicted octanol–water partition coefficient (Wildman–Crippen LogP) is 3.52. The topological polar surface area (TPSA) is 8.88 Å². The van der Waals surface area contributed by atoms with Crippen molar-refractivity contribution in [2.75, 3.05) is 13.1 Å². The Bertz CT molecular complexity index is 881. The standard InChI is InChI=1S/C25H24Cl2N2/c26-23-11-6-21(7-12-23)18-28-16-17-29(19-22-8-13-24(27)14-9-22)25(28)15-10-20-4-2-1-3-5-20/h1-15,25H,16-19H2/p+2/b15-10+. The zero-order valence-electron chi connectivity index (χ0n) is 16.3. The van der Waals surface area contributed by atoms with Gasteiger partial charge in [-0.2, -0.15) is 0 Å². The van der Waals surface area contributed by atoms with E-state index in [1.54, 1.807) is 9.80 Å². The molecule has 2 nitrogen and oxygen atoms in total. The van der Waals surface area contributed by atoms with Gasteiger partial charge in [-0.05, 0) is 35.9 Å². The predicted molar refractivity (Wildman–Crippen MR) is 121 cm³/mol.